The number of ether oxygens (including phenoxy) is 3. The molecule has 2 heterocycles. The standard InChI is InChI=1S/C26H21ClN2O5S/c1-5-12-34-18-9-6-16(7-10-18)13-21-24(30)29-23(19-14-17(27)8-11-20(19)32-3)22(25(31)33-4)15(2)28-26(29)35-21/h1,6-11,13-14,23H,12H2,2-4H3/b21-13-/t23-/m0/s1. The monoisotopic (exact) mass is 508 g/mol. The van der Waals surface area contributed by atoms with E-state index in [9.17, 15) is 9.59 Å². The van der Waals surface area contributed by atoms with Crippen LogP contribution in [-0.4, -0.2) is 31.4 Å². The predicted molar refractivity (Wildman–Crippen MR) is 135 cm³/mol. The second kappa shape index (κ2) is 10.2. The van der Waals surface area contributed by atoms with Crippen molar-refractivity contribution in [2.45, 2.75) is 13.0 Å². The molecule has 0 N–H and O–H groups in total. The van der Waals surface area contributed by atoms with Crippen LogP contribution in [0.25, 0.3) is 6.08 Å². The van der Waals surface area contributed by atoms with Crippen LogP contribution in [0, 0.1) is 12.3 Å². The molecule has 0 saturated heterocycles. The number of terminal acetylenes is 1. The molecule has 0 saturated carbocycles. The highest BCUT2D eigenvalue weighted by Crippen LogP contribution is 2.37. The molecule has 0 bridgehead atoms. The number of hydrogen-bond acceptors (Lipinski definition) is 7. The lowest BCUT2D eigenvalue weighted by molar-refractivity contribution is -0.136. The van der Waals surface area contributed by atoms with Gasteiger partial charge in [-0.05, 0) is 48.9 Å². The number of methoxy groups -OCH3 is 2. The summed E-state index contributed by atoms with van der Waals surface area (Å²) in [4.78, 5) is 31.5. The average Bonchev–Trinajstić information content (AvgIpc) is 3.16. The highest BCUT2D eigenvalue weighted by Gasteiger charge is 2.35. The van der Waals surface area contributed by atoms with Crippen molar-refractivity contribution in [3.63, 3.8) is 0 Å². The number of halogens is 1. The first-order valence-corrected chi connectivity index (χ1v) is 11.7. The van der Waals surface area contributed by atoms with Crippen LogP contribution in [0.1, 0.15) is 24.1 Å². The molecule has 0 aliphatic carbocycles. The van der Waals surface area contributed by atoms with Crippen LogP contribution in [-0.2, 0) is 9.53 Å². The van der Waals surface area contributed by atoms with Crippen molar-refractivity contribution in [2.75, 3.05) is 20.8 Å². The molecule has 0 spiro atoms. The van der Waals surface area contributed by atoms with Gasteiger partial charge in [0.15, 0.2) is 4.80 Å². The number of benzene rings is 2. The van der Waals surface area contributed by atoms with E-state index in [1.54, 1.807) is 43.3 Å². The molecule has 3 aromatic rings. The van der Waals surface area contributed by atoms with Gasteiger partial charge in [-0.3, -0.25) is 9.36 Å². The molecule has 4 rings (SSSR count). The maximum Gasteiger partial charge on any atom is 0.338 e. The lowest BCUT2D eigenvalue weighted by Crippen LogP contribution is -2.40. The number of fused-ring (bicyclic) bond motifs is 1. The summed E-state index contributed by atoms with van der Waals surface area (Å²) in [5, 5.41) is 0.439. The number of thiazole rings is 1. The molecule has 0 radical (unpaired) electrons. The lowest BCUT2D eigenvalue weighted by Gasteiger charge is -2.25. The number of rotatable bonds is 6. The molecule has 9 heteroatoms. The fourth-order valence-corrected chi connectivity index (χ4v) is 5.07. The number of aromatic nitrogens is 1. The van der Waals surface area contributed by atoms with Crippen molar-refractivity contribution in [2.24, 2.45) is 4.99 Å². The Morgan fingerprint density at radius 3 is 2.66 bits per heavy atom. The Morgan fingerprint density at radius 2 is 2.00 bits per heavy atom. The third-order valence-electron chi connectivity index (χ3n) is 5.41. The van der Waals surface area contributed by atoms with Crippen LogP contribution in [0.15, 0.2) is 63.5 Å². The van der Waals surface area contributed by atoms with E-state index in [1.165, 1.54) is 30.1 Å². The summed E-state index contributed by atoms with van der Waals surface area (Å²) in [6.45, 7) is 1.88. The SMILES string of the molecule is C#CCOc1ccc(/C=c2\sc3n(c2=O)[C@@H](c2cc(Cl)ccc2OC)C(C(=O)OC)=C(C)N=3)cc1. The third kappa shape index (κ3) is 4.74. The van der Waals surface area contributed by atoms with Crippen molar-refractivity contribution >= 4 is 35.0 Å². The number of esters is 1. The molecular formula is C26H21ClN2O5S. The maximum absolute atomic E-state index is 13.6. The second-order valence-corrected chi connectivity index (χ2v) is 8.97. The Hall–Kier alpha value is -3.80. The van der Waals surface area contributed by atoms with Gasteiger partial charge in [-0.15, -0.1) is 6.42 Å². The molecular weight excluding hydrogens is 488 g/mol. The van der Waals surface area contributed by atoms with Gasteiger partial charge in [0.25, 0.3) is 5.56 Å². The molecule has 0 amide bonds. The topological polar surface area (TPSA) is 79.1 Å². The average molecular weight is 509 g/mol. The molecule has 0 unspecified atom stereocenters. The van der Waals surface area contributed by atoms with Crippen molar-refractivity contribution in [3.05, 3.63) is 89.6 Å². The Balaban J connectivity index is 1.91. The largest absolute Gasteiger partial charge is 0.496 e. The van der Waals surface area contributed by atoms with Gasteiger partial charge in [-0.1, -0.05) is 41.0 Å². The molecule has 35 heavy (non-hydrogen) atoms. The van der Waals surface area contributed by atoms with Crippen LogP contribution < -0.4 is 24.4 Å². The zero-order valence-corrected chi connectivity index (χ0v) is 20.8. The van der Waals surface area contributed by atoms with Gasteiger partial charge in [-0.2, -0.15) is 0 Å². The van der Waals surface area contributed by atoms with E-state index in [4.69, 9.17) is 32.2 Å². The minimum absolute atomic E-state index is 0.173. The van der Waals surface area contributed by atoms with Crippen LogP contribution in [0.5, 0.6) is 11.5 Å². The van der Waals surface area contributed by atoms with Gasteiger partial charge in [0, 0.05) is 10.6 Å². The van der Waals surface area contributed by atoms with E-state index in [0.717, 1.165) is 5.56 Å². The number of allylic oxidation sites excluding steroid dienone is 1. The summed E-state index contributed by atoms with van der Waals surface area (Å²) in [5.41, 5.74) is 1.73. The summed E-state index contributed by atoms with van der Waals surface area (Å²) < 4.78 is 17.9. The lowest BCUT2D eigenvalue weighted by atomic mass is 9.95. The van der Waals surface area contributed by atoms with Gasteiger partial charge in [0.2, 0.25) is 0 Å². The smallest absolute Gasteiger partial charge is 0.338 e. The Kier molecular flexibility index (Phi) is 7.10. The van der Waals surface area contributed by atoms with Gasteiger partial charge in [-0.25, -0.2) is 9.79 Å². The van der Waals surface area contributed by atoms with Crippen LogP contribution in [0.4, 0.5) is 0 Å². The fourth-order valence-electron chi connectivity index (χ4n) is 3.84. The van der Waals surface area contributed by atoms with Crippen LogP contribution >= 0.6 is 22.9 Å². The first-order valence-electron chi connectivity index (χ1n) is 10.5. The normalized spacial score (nSPS) is 15.2. The zero-order valence-electron chi connectivity index (χ0n) is 19.2. The number of nitrogens with zero attached hydrogens (tertiary/aromatic N) is 2. The van der Waals surface area contributed by atoms with E-state index in [2.05, 4.69) is 10.9 Å². The van der Waals surface area contributed by atoms with Crippen molar-refractivity contribution < 1.29 is 19.0 Å². The highest BCUT2D eigenvalue weighted by atomic mass is 35.5. The van der Waals surface area contributed by atoms with Gasteiger partial charge in [0.1, 0.15) is 24.1 Å². The Morgan fingerprint density at radius 1 is 1.26 bits per heavy atom. The molecule has 2 aromatic carbocycles. The quantitative estimate of drug-likeness (QED) is 0.378. The molecule has 0 fully saturated rings. The summed E-state index contributed by atoms with van der Waals surface area (Å²) >= 11 is 7.52. The minimum atomic E-state index is -0.825. The number of hydrogen-bond donors (Lipinski definition) is 0. The molecule has 1 aromatic heterocycles. The van der Waals surface area contributed by atoms with E-state index in [0.29, 0.717) is 37.1 Å². The molecule has 1 aliphatic heterocycles. The van der Waals surface area contributed by atoms with Crippen molar-refractivity contribution in [3.8, 4) is 23.8 Å². The Labute approximate surface area is 210 Å². The minimum Gasteiger partial charge on any atom is -0.496 e. The fraction of sp³-hybridized carbons (Fsp3) is 0.192. The number of carbonyl (C=O) groups is 1. The van der Waals surface area contributed by atoms with E-state index in [1.807, 2.05) is 12.1 Å². The molecule has 7 nitrogen and oxygen atoms in total. The number of carbonyl (C=O) groups excluding carboxylic acids is 1. The van der Waals surface area contributed by atoms with Gasteiger partial charge < -0.3 is 14.2 Å². The maximum atomic E-state index is 13.6. The van der Waals surface area contributed by atoms with E-state index >= 15 is 0 Å². The first-order chi connectivity index (χ1) is 16.9. The van der Waals surface area contributed by atoms with Crippen molar-refractivity contribution in [1.82, 2.24) is 4.57 Å². The summed E-state index contributed by atoms with van der Waals surface area (Å²) in [7, 11) is 2.80. The molecule has 1 aliphatic rings. The zero-order chi connectivity index (χ0) is 25.1. The van der Waals surface area contributed by atoms with E-state index in [-0.39, 0.29) is 17.7 Å². The van der Waals surface area contributed by atoms with Crippen LogP contribution in [0.2, 0.25) is 5.02 Å². The molecule has 178 valence electrons. The van der Waals surface area contributed by atoms with Gasteiger partial charge >= 0.3 is 5.97 Å². The highest BCUT2D eigenvalue weighted by molar-refractivity contribution is 7.07. The van der Waals surface area contributed by atoms with Crippen molar-refractivity contribution in [1.29, 1.82) is 0 Å². The molecule has 1 atom stereocenters. The van der Waals surface area contributed by atoms with E-state index < -0.39 is 12.0 Å². The first kappa shape index (κ1) is 24.3. The van der Waals surface area contributed by atoms with Crippen LogP contribution in [0.3, 0.4) is 0 Å². The summed E-state index contributed by atoms with van der Waals surface area (Å²) in [6, 6.07) is 11.4. The van der Waals surface area contributed by atoms with Gasteiger partial charge in [0.05, 0.1) is 30.0 Å². The summed E-state index contributed by atoms with van der Waals surface area (Å²) in [6.07, 6.45) is 6.99. The summed E-state index contributed by atoms with van der Waals surface area (Å²) in [5.74, 6) is 2.94. The Bertz CT molecular complexity index is 1540. The predicted octanol–water partition coefficient (Wildman–Crippen LogP) is 3.08. The third-order valence-corrected chi connectivity index (χ3v) is 6.63. The second-order valence-electron chi connectivity index (χ2n) is 7.52.